The van der Waals surface area contributed by atoms with Gasteiger partial charge in [-0.25, -0.2) is 9.97 Å². The third-order valence-electron chi connectivity index (χ3n) is 5.58. The van der Waals surface area contributed by atoms with Crippen molar-refractivity contribution in [3.05, 3.63) is 41.5 Å². The smallest absolute Gasteiger partial charge is 0.160 e. The number of hydrogen-bond acceptors (Lipinski definition) is 6. The molecule has 2 fully saturated rings. The molecule has 4 heterocycles. The minimum absolute atomic E-state index is 0.0122. The number of thiophene rings is 1. The molecule has 2 aromatic heterocycles. The number of anilines is 1. The van der Waals surface area contributed by atoms with Crippen LogP contribution in [0, 0.1) is 12.8 Å². The van der Waals surface area contributed by atoms with Crippen LogP contribution in [-0.2, 0) is 9.47 Å². The van der Waals surface area contributed by atoms with Crippen molar-refractivity contribution >= 4 is 27.4 Å². The number of aryl methyl sites for hydroxylation is 1. The van der Waals surface area contributed by atoms with Crippen molar-refractivity contribution in [1.29, 1.82) is 0 Å². The van der Waals surface area contributed by atoms with Gasteiger partial charge in [-0.3, -0.25) is 0 Å². The Labute approximate surface area is 163 Å². The quantitative estimate of drug-likeness (QED) is 0.679. The first-order valence-corrected chi connectivity index (χ1v) is 10.4. The first-order chi connectivity index (χ1) is 13.3. The van der Waals surface area contributed by atoms with Gasteiger partial charge in [-0.05, 0) is 25.3 Å². The minimum atomic E-state index is -0.0122. The Hall–Kier alpha value is -2.02. The Bertz CT molecular complexity index is 926. The van der Waals surface area contributed by atoms with Crippen molar-refractivity contribution in [2.24, 2.45) is 5.92 Å². The summed E-state index contributed by atoms with van der Waals surface area (Å²) in [6.45, 7) is 5.52. The van der Waals surface area contributed by atoms with Crippen molar-refractivity contribution in [2.45, 2.75) is 26.1 Å². The van der Waals surface area contributed by atoms with Gasteiger partial charge in [0.05, 0.1) is 18.6 Å². The van der Waals surface area contributed by atoms with Crippen LogP contribution >= 0.6 is 11.3 Å². The fourth-order valence-electron chi connectivity index (χ4n) is 4.08. The van der Waals surface area contributed by atoms with E-state index in [1.54, 1.807) is 17.7 Å². The molecule has 0 atom stereocenters. The molecule has 0 N–H and O–H groups in total. The van der Waals surface area contributed by atoms with E-state index in [2.05, 4.69) is 51.4 Å². The van der Waals surface area contributed by atoms with Gasteiger partial charge < -0.3 is 14.4 Å². The zero-order valence-electron chi connectivity index (χ0n) is 15.4. The molecule has 3 aromatic rings. The number of hydrogen-bond donors (Lipinski definition) is 0. The Morgan fingerprint density at radius 1 is 1.04 bits per heavy atom. The summed E-state index contributed by atoms with van der Waals surface area (Å²) < 4.78 is 11.4. The van der Waals surface area contributed by atoms with Crippen LogP contribution in [0.2, 0.25) is 0 Å². The number of ether oxygens (including phenoxy) is 2. The zero-order valence-corrected chi connectivity index (χ0v) is 16.2. The Kier molecular flexibility index (Phi) is 4.55. The fraction of sp³-hybridized carbons (Fsp3) is 0.429. The minimum Gasteiger partial charge on any atom is -0.356 e. The van der Waals surface area contributed by atoms with E-state index in [0.717, 1.165) is 49.8 Å². The molecule has 2 saturated heterocycles. The summed E-state index contributed by atoms with van der Waals surface area (Å²) >= 11 is 1.69. The first-order valence-electron chi connectivity index (χ1n) is 9.57. The van der Waals surface area contributed by atoms with Crippen molar-refractivity contribution in [1.82, 2.24) is 9.97 Å². The van der Waals surface area contributed by atoms with Crippen LogP contribution in [0.1, 0.15) is 18.4 Å². The molecule has 0 spiro atoms. The molecule has 1 aromatic carbocycles. The lowest BCUT2D eigenvalue weighted by molar-refractivity contribution is -0.0889. The molecule has 2 aliphatic heterocycles. The number of fused-ring (bicyclic) bond motifs is 1. The standard InChI is InChI=1S/C21H23N3O2S/c1-14-2-4-15(5-3-14)17-12-27-20-18(17)19(22-13-23-20)24-8-6-16(7-9-24)21-25-10-11-26-21/h2-5,12-13,16,21H,6-11H2,1H3. The van der Waals surface area contributed by atoms with Crippen LogP contribution in [-0.4, -0.2) is 42.6 Å². The van der Waals surface area contributed by atoms with Gasteiger partial charge in [0, 0.05) is 30.0 Å². The zero-order chi connectivity index (χ0) is 18.2. The van der Waals surface area contributed by atoms with Gasteiger partial charge >= 0.3 is 0 Å². The Balaban J connectivity index is 1.45. The largest absolute Gasteiger partial charge is 0.356 e. The summed E-state index contributed by atoms with van der Waals surface area (Å²) in [5, 5.41) is 3.39. The second-order valence-electron chi connectivity index (χ2n) is 7.33. The summed E-state index contributed by atoms with van der Waals surface area (Å²) in [7, 11) is 0. The van der Waals surface area contributed by atoms with Crippen molar-refractivity contribution in [3.8, 4) is 11.1 Å². The third kappa shape index (κ3) is 3.22. The molecule has 140 valence electrons. The second-order valence-corrected chi connectivity index (χ2v) is 8.19. The molecule has 5 nitrogen and oxygen atoms in total. The molecule has 27 heavy (non-hydrogen) atoms. The lowest BCUT2D eigenvalue weighted by Crippen LogP contribution is -2.38. The predicted molar refractivity (Wildman–Crippen MR) is 108 cm³/mol. The third-order valence-corrected chi connectivity index (χ3v) is 6.47. The van der Waals surface area contributed by atoms with Crippen LogP contribution in [0.25, 0.3) is 21.3 Å². The topological polar surface area (TPSA) is 47.5 Å². The van der Waals surface area contributed by atoms with Gasteiger partial charge in [0.2, 0.25) is 0 Å². The van der Waals surface area contributed by atoms with Gasteiger partial charge in [0.15, 0.2) is 6.29 Å². The van der Waals surface area contributed by atoms with E-state index in [1.807, 2.05) is 0 Å². The van der Waals surface area contributed by atoms with Crippen molar-refractivity contribution in [3.63, 3.8) is 0 Å². The summed E-state index contributed by atoms with van der Waals surface area (Å²) in [5.74, 6) is 1.55. The first kappa shape index (κ1) is 17.1. The second kappa shape index (κ2) is 7.19. The van der Waals surface area contributed by atoms with Crippen LogP contribution in [0.4, 0.5) is 5.82 Å². The normalized spacial score (nSPS) is 19.2. The van der Waals surface area contributed by atoms with E-state index >= 15 is 0 Å². The van der Waals surface area contributed by atoms with E-state index < -0.39 is 0 Å². The van der Waals surface area contributed by atoms with Crippen LogP contribution in [0.15, 0.2) is 36.0 Å². The molecule has 6 heteroatoms. The molecule has 0 radical (unpaired) electrons. The lowest BCUT2D eigenvalue weighted by Gasteiger charge is -2.34. The number of benzene rings is 1. The highest BCUT2D eigenvalue weighted by Crippen LogP contribution is 2.39. The average Bonchev–Trinajstić information content (AvgIpc) is 3.39. The highest BCUT2D eigenvalue weighted by molar-refractivity contribution is 7.17. The average molecular weight is 382 g/mol. The fourth-order valence-corrected chi connectivity index (χ4v) is 4.99. The Morgan fingerprint density at radius 3 is 2.52 bits per heavy atom. The number of aromatic nitrogens is 2. The monoisotopic (exact) mass is 381 g/mol. The lowest BCUT2D eigenvalue weighted by atomic mass is 9.95. The molecule has 2 aliphatic rings. The van der Waals surface area contributed by atoms with Gasteiger partial charge in [-0.1, -0.05) is 29.8 Å². The summed E-state index contributed by atoms with van der Waals surface area (Å²) in [6.07, 6.45) is 3.82. The van der Waals surface area contributed by atoms with Gasteiger partial charge in [0.25, 0.3) is 0 Å². The molecule has 0 amide bonds. The van der Waals surface area contributed by atoms with Gasteiger partial charge in [-0.2, -0.15) is 0 Å². The molecular formula is C21H23N3O2S. The highest BCUT2D eigenvalue weighted by atomic mass is 32.1. The van der Waals surface area contributed by atoms with Crippen molar-refractivity contribution < 1.29 is 9.47 Å². The van der Waals surface area contributed by atoms with Crippen LogP contribution in [0.3, 0.4) is 0 Å². The van der Waals surface area contributed by atoms with E-state index in [0.29, 0.717) is 5.92 Å². The van der Waals surface area contributed by atoms with E-state index in [4.69, 9.17) is 9.47 Å². The number of rotatable bonds is 3. The van der Waals surface area contributed by atoms with E-state index in [1.165, 1.54) is 22.1 Å². The summed E-state index contributed by atoms with van der Waals surface area (Å²) in [6, 6.07) is 8.70. The molecule has 5 rings (SSSR count). The summed E-state index contributed by atoms with van der Waals surface area (Å²) in [5.41, 5.74) is 3.73. The maximum atomic E-state index is 5.71. The SMILES string of the molecule is Cc1ccc(-c2csc3ncnc(N4CCC(C5OCCO5)CC4)c23)cc1. The predicted octanol–water partition coefficient (Wildman–Crippen LogP) is 4.26. The molecular weight excluding hydrogens is 358 g/mol. The van der Waals surface area contributed by atoms with Crippen molar-refractivity contribution in [2.75, 3.05) is 31.2 Å². The number of piperidine rings is 1. The molecule has 0 aliphatic carbocycles. The van der Waals surface area contributed by atoms with Gasteiger partial charge in [-0.15, -0.1) is 11.3 Å². The number of nitrogens with zero attached hydrogens (tertiary/aromatic N) is 3. The van der Waals surface area contributed by atoms with Crippen LogP contribution in [0.5, 0.6) is 0 Å². The molecule has 0 saturated carbocycles. The maximum Gasteiger partial charge on any atom is 0.160 e. The van der Waals surface area contributed by atoms with Crippen LogP contribution < -0.4 is 4.90 Å². The Morgan fingerprint density at radius 2 is 1.78 bits per heavy atom. The summed E-state index contributed by atoms with van der Waals surface area (Å²) in [4.78, 5) is 12.7. The molecule has 0 unspecified atom stereocenters. The van der Waals surface area contributed by atoms with E-state index in [9.17, 15) is 0 Å². The van der Waals surface area contributed by atoms with E-state index in [-0.39, 0.29) is 6.29 Å². The maximum absolute atomic E-state index is 5.71. The highest BCUT2D eigenvalue weighted by Gasteiger charge is 2.31. The van der Waals surface area contributed by atoms with Gasteiger partial charge in [0.1, 0.15) is 17.0 Å². The molecule has 0 bridgehead atoms.